The van der Waals surface area contributed by atoms with E-state index < -0.39 is 0 Å². The summed E-state index contributed by atoms with van der Waals surface area (Å²) in [5, 5.41) is 22.6. The summed E-state index contributed by atoms with van der Waals surface area (Å²) in [6.07, 6.45) is 5.38. The number of piperazine rings is 1. The molecular formula is C30H33N7O3. The molecule has 1 aromatic heterocycles. The van der Waals surface area contributed by atoms with Gasteiger partial charge in [-0.1, -0.05) is 6.42 Å². The van der Waals surface area contributed by atoms with Crippen LogP contribution >= 0.6 is 0 Å². The van der Waals surface area contributed by atoms with Crippen LogP contribution in [0.1, 0.15) is 30.4 Å². The van der Waals surface area contributed by atoms with E-state index in [1.165, 1.54) is 19.3 Å². The molecule has 0 radical (unpaired) electrons. The fourth-order valence-electron chi connectivity index (χ4n) is 5.31. The van der Waals surface area contributed by atoms with E-state index in [2.05, 4.69) is 32.2 Å². The lowest BCUT2D eigenvalue weighted by Gasteiger charge is -2.37. The van der Waals surface area contributed by atoms with Crippen molar-refractivity contribution in [2.45, 2.75) is 19.3 Å². The number of aromatic nitrogens is 1. The van der Waals surface area contributed by atoms with Gasteiger partial charge in [0, 0.05) is 56.1 Å². The van der Waals surface area contributed by atoms with Crippen LogP contribution in [0.15, 0.2) is 42.6 Å². The number of likely N-dealkylation sites (tertiary alicyclic amines) is 1. The lowest BCUT2D eigenvalue weighted by Crippen LogP contribution is -2.50. The molecule has 206 valence electrons. The molecule has 2 aromatic carbocycles. The summed E-state index contributed by atoms with van der Waals surface area (Å²) in [4.78, 5) is 23.7. The number of hydrogen-bond acceptors (Lipinski definition) is 8. The molecule has 40 heavy (non-hydrogen) atoms. The average Bonchev–Trinajstić information content (AvgIpc) is 3.01. The quantitative estimate of drug-likeness (QED) is 0.475. The zero-order chi connectivity index (χ0) is 27.9. The molecule has 2 fully saturated rings. The smallest absolute Gasteiger partial charge is 0.321 e. The highest BCUT2D eigenvalue weighted by Gasteiger charge is 2.25. The molecule has 1 N–H and O–H groups in total. The highest BCUT2D eigenvalue weighted by Crippen LogP contribution is 2.38. The summed E-state index contributed by atoms with van der Waals surface area (Å²) in [6, 6.07) is 14.7. The van der Waals surface area contributed by atoms with E-state index in [-0.39, 0.29) is 6.03 Å². The monoisotopic (exact) mass is 539 g/mol. The number of hydrogen-bond donors (Lipinski definition) is 1. The van der Waals surface area contributed by atoms with Crippen LogP contribution in [-0.4, -0.2) is 80.3 Å². The van der Waals surface area contributed by atoms with E-state index in [0.717, 1.165) is 36.2 Å². The third-order valence-corrected chi connectivity index (χ3v) is 7.51. The molecule has 0 bridgehead atoms. The predicted molar refractivity (Wildman–Crippen MR) is 153 cm³/mol. The minimum absolute atomic E-state index is 0.197. The topological polar surface area (TPSA) is 118 Å². The van der Waals surface area contributed by atoms with Gasteiger partial charge in [0.1, 0.15) is 12.7 Å². The second-order valence-corrected chi connectivity index (χ2v) is 10.00. The second-order valence-electron chi connectivity index (χ2n) is 10.00. The predicted octanol–water partition coefficient (Wildman–Crippen LogP) is 4.21. The van der Waals surface area contributed by atoms with Gasteiger partial charge in [0.2, 0.25) is 0 Å². The van der Waals surface area contributed by atoms with E-state index in [1.807, 2.05) is 12.1 Å². The number of piperidine rings is 1. The van der Waals surface area contributed by atoms with Gasteiger partial charge in [-0.2, -0.15) is 10.5 Å². The molecule has 0 spiro atoms. The summed E-state index contributed by atoms with van der Waals surface area (Å²) in [7, 11) is 1.62. The van der Waals surface area contributed by atoms with Crippen LogP contribution in [0.4, 0.5) is 16.2 Å². The molecule has 5 rings (SSSR count). The summed E-state index contributed by atoms with van der Waals surface area (Å²) in [5.41, 5.74) is 3.17. The Morgan fingerprint density at radius 1 is 0.975 bits per heavy atom. The van der Waals surface area contributed by atoms with Gasteiger partial charge in [0.25, 0.3) is 0 Å². The Hall–Kier alpha value is -4.54. The number of anilines is 2. The molecule has 10 heteroatoms. The Labute approximate surface area is 234 Å². The number of pyridine rings is 1. The molecule has 2 amide bonds. The van der Waals surface area contributed by atoms with Gasteiger partial charge in [0.05, 0.1) is 35.5 Å². The van der Waals surface area contributed by atoms with Gasteiger partial charge in [-0.25, -0.2) is 4.79 Å². The van der Waals surface area contributed by atoms with Crippen molar-refractivity contribution >= 4 is 28.3 Å². The number of nitrogens with zero attached hydrogens (tertiary/aromatic N) is 6. The van der Waals surface area contributed by atoms with E-state index in [0.29, 0.717) is 61.1 Å². The summed E-state index contributed by atoms with van der Waals surface area (Å²) in [6.45, 7) is 5.77. The van der Waals surface area contributed by atoms with Crippen LogP contribution in [0.25, 0.3) is 10.9 Å². The SMILES string of the molecule is COc1cc2c(N3CCN(C(=O)Nc4ccc(C#N)cc4)CC3)c(C#N)cnc2cc1OCCN1CCCCC1. The maximum absolute atomic E-state index is 12.8. The number of fused-ring (bicyclic) bond motifs is 1. The molecule has 3 heterocycles. The molecule has 0 unspecified atom stereocenters. The molecule has 0 saturated carbocycles. The van der Waals surface area contributed by atoms with Crippen LogP contribution in [0.5, 0.6) is 11.5 Å². The first-order valence-corrected chi connectivity index (χ1v) is 13.7. The summed E-state index contributed by atoms with van der Waals surface area (Å²) < 4.78 is 11.8. The van der Waals surface area contributed by atoms with Gasteiger partial charge >= 0.3 is 6.03 Å². The van der Waals surface area contributed by atoms with Gasteiger partial charge in [-0.3, -0.25) is 9.88 Å². The lowest BCUT2D eigenvalue weighted by molar-refractivity contribution is 0.181. The Morgan fingerprint density at radius 3 is 2.40 bits per heavy atom. The van der Waals surface area contributed by atoms with Gasteiger partial charge in [0.15, 0.2) is 11.5 Å². The van der Waals surface area contributed by atoms with Crippen molar-refractivity contribution in [1.29, 1.82) is 10.5 Å². The van der Waals surface area contributed by atoms with Crippen molar-refractivity contribution in [3.63, 3.8) is 0 Å². The Bertz CT molecular complexity index is 1430. The maximum Gasteiger partial charge on any atom is 0.321 e. The first-order chi connectivity index (χ1) is 19.6. The van der Waals surface area contributed by atoms with Crippen LogP contribution in [0, 0.1) is 22.7 Å². The molecule has 10 nitrogen and oxygen atoms in total. The summed E-state index contributed by atoms with van der Waals surface area (Å²) in [5.74, 6) is 1.24. The third-order valence-electron chi connectivity index (χ3n) is 7.51. The number of methoxy groups -OCH3 is 1. The van der Waals surface area contributed by atoms with E-state index in [4.69, 9.17) is 14.7 Å². The van der Waals surface area contributed by atoms with Gasteiger partial charge < -0.3 is 24.6 Å². The molecule has 3 aromatic rings. The fraction of sp³-hybridized carbons (Fsp3) is 0.400. The van der Waals surface area contributed by atoms with Crippen molar-refractivity contribution in [3.05, 3.63) is 53.7 Å². The number of nitrogens with one attached hydrogen (secondary N) is 1. The van der Waals surface area contributed by atoms with Crippen molar-refractivity contribution in [1.82, 2.24) is 14.8 Å². The van der Waals surface area contributed by atoms with Crippen molar-refractivity contribution in [2.75, 3.05) is 69.7 Å². The van der Waals surface area contributed by atoms with E-state index in [1.54, 1.807) is 42.5 Å². The largest absolute Gasteiger partial charge is 0.493 e. The number of nitriles is 2. The highest BCUT2D eigenvalue weighted by molar-refractivity contribution is 5.97. The first-order valence-electron chi connectivity index (χ1n) is 13.7. The zero-order valence-corrected chi connectivity index (χ0v) is 22.7. The number of rotatable bonds is 7. The Kier molecular flexibility index (Phi) is 8.48. The average molecular weight is 540 g/mol. The van der Waals surface area contributed by atoms with E-state index in [9.17, 15) is 10.1 Å². The number of urea groups is 1. The third kappa shape index (κ3) is 6.03. The molecule has 0 atom stereocenters. The minimum Gasteiger partial charge on any atom is -0.493 e. The van der Waals surface area contributed by atoms with Crippen molar-refractivity contribution < 1.29 is 14.3 Å². The zero-order valence-electron chi connectivity index (χ0n) is 22.7. The van der Waals surface area contributed by atoms with Gasteiger partial charge in [-0.05, 0) is 56.3 Å². The number of carbonyl (C=O) groups is 1. The van der Waals surface area contributed by atoms with Crippen molar-refractivity contribution in [3.8, 4) is 23.6 Å². The summed E-state index contributed by atoms with van der Waals surface area (Å²) >= 11 is 0. The lowest BCUT2D eigenvalue weighted by atomic mass is 10.1. The first kappa shape index (κ1) is 27.0. The molecule has 2 aliphatic heterocycles. The molecular weight excluding hydrogens is 506 g/mol. The number of carbonyl (C=O) groups excluding carboxylic acids is 1. The van der Waals surface area contributed by atoms with Crippen LogP contribution in [0.3, 0.4) is 0 Å². The molecule has 2 aliphatic rings. The Balaban J connectivity index is 1.29. The van der Waals surface area contributed by atoms with Crippen molar-refractivity contribution in [2.24, 2.45) is 0 Å². The van der Waals surface area contributed by atoms with Crippen LogP contribution < -0.4 is 19.7 Å². The number of ether oxygens (including phenoxy) is 2. The Morgan fingerprint density at radius 2 is 1.73 bits per heavy atom. The standard InChI is InChI=1S/C30H33N7O3/c1-39-27-17-25-26(18-28(27)40-16-15-35-9-3-2-4-10-35)33-21-23(20-32)29(25)36-11-13-37(14-12-36)30(38)34-24-7-5-22(19-31)6-8-24/h5-8,17-18,21H,2-4,9-16H2,1H3,(H,34,38). The molecule has 2 saturated heterocycles. The van der Waals surface area contributed by atoms with Crippen LogP contribution in [0.2, 0.25) is 0 Å². The van der Waals surface area contributed by atoms with Gasteiger partial charge in [-0.15, -0.1) is 0 Å². The second kappa shape index (κ2) is 12.5. The normalized spacial score (nSPS) is 15.8. The number of amides is 2. The number of benzene rings is 2. The highest BCUT2D eigenvalue weighted by atomic mass is 16.5. The molecule has 0 aliphatic carbocycles. The maximum atomic E-state index is 12.8. The fourth-order valence-corrected chi connectivity index (χ4v) is 5.31. The van der Waals surface area contributed by atoms with Crippen LogP contribution in [-0.2, 0) is 0 Å². The van der Waals surface area contributed by atoms with E-state index >= 15 is 0 Å². The minimum atomic E-state index is -0.197.